The van der Waals surface area contributed by atoms with Gasteiger partial charge in [-0.25, -0.2) is 13.8 Å². The number of H-pyrrole nitrogens is 1. The number of nitrogens with zero attached hydrogens (tertiary/aromatic N) is 6. The van der Waals surface area contributed by atoms with Crippen LogP contribution in [0.4, 0.5) is 26.2 Å². The number of amides is 1. The first-order valence-corrected chi connectivity index (χ1v) is 12.9. The Morgan fingerprint density at radius 3 is 2.73 bits per heavy atom. The average molecular weight is 521 g/mol. The molecule has 1 aliphatic carbocycles. The van der Waals surface area contributed by atoms with Crippen molar-refractivity contribution in [2.45, 2.75) is 18.9 Å². The van der Waals surface area contributed by atoms with Crippen molar-refractivity contribution in [2.75, 3.05) is 29.9 Å². The number of carbonyl (C=O) groups is 1. The Hall–Kier alpha value is -3.93. The molecule has 0 bridgehead atoms. The molecule has 4 aromatic rings. The van der Waals surface area contributed by atoms with Crippen LogP contribution in [0.25, 0.3) is 11.3 Å². The fourth-order valence-electron chi connectivity index (χ4n) is 5.21. The van der Waals surface area contributed by atoms with Crippen LogP contribution in [-0.4, -0.2) is 61.7 Å². The number of halogens is 2. The largest absolute Gasteiger partial charge is 0.340 e. The molecule has 188 valence electrons. The molecule has 1 saturated carbocycles. The highest BCUT2D eigenvalue weighted by molar-refractivity contribution is 7.14. The molecule has 1 amide bonds. The third kappa shape index (κ3) is 3.91. The van der Waals surface area contributed by atoms with Crippen molar-refractivity contribution in [2.24, 2.45) is 11.8 Å². The molecule has 3 aromatic heterocycles. The van der Waals surface area contributed by atoms with Crippen molar-refractivity contribution >= 4 is 34.7 Å². The van der Waals surface area contributed by atoms with Gasteiger partial charge in [0, 0.05) is 42.0 Å². The predicted molar refractivity (Wildman–Crippen MR) is 134 cm³/mol. The van der Waals surface area contributed by atoms with E-state index in [-0.39, 0.29) is 19.0 Å². The van der Waals surface area contributed by atoms with Crippen molar-refractivity contribution in [3.8, 4) is 11.3 Å². The molecule has 7 rings (SSSR count). The second-order valence-electron chi connectivity index (χ2n) is 9.63. The van der Waals surface area contributed by atoms with E-state index in [1.165, 1.54) is 11.3 Å². The van der Waals surface area contributed by atoms with E-state index in [2.05, 4.69) is 30.6 Å². The van der Waals surface area contributed by atoms with Crippen LogP contribution in [0.15, 0.2) is 48.8 Å². The van der Waals surface area contributed by atoms with E-state index in [0.717, 1.165) is 40.4 Å². The lowest BCUT2D eigenvalue weighted by Crippen LogP contribution is -2.33. The van der Waals surface area contributed by atoms with Gasteiger partial charge in [0.2, 0.25) is 5.95 Å². The fourth-order valence-corrected chi connectivity index (χ4v) is 6.40. The zero-order valence-electron chi connectivity index (χ0n) is 19.6. The van der Waals surface area contributed by atoms with Gasteiger partial charge in [-0.2, -0.15) is 20.4 Å². The molecule has 0 radical (unpaired) electrons. The molecule has 2 atom stereocenters. The van der Waals surface area contributed by atoms with E-state index in [1.807, 2.05) is 36.4 Å². The number of piperidine rings is 1. The summed E-state index contributed by atoms with van der Waals surface area (Å²) in [6, 6.07) is 11.6. The zero-order valence-corrected chi connectivity index (χ0v) is 20.4. The summed E-state index contributed by atoms with van der Waals surface area (Å²) in [4.78, 5) is 27.5. The molecule has 2 fully saturated rings. The lowest BCUT2D eigenvalue weighted by Gasteiger charge is -2.27. The number of hydrogen-bond acceptors (Lipinski definition) is 8. The summed E-state index contributed by atoms with van der Waals surface area (Å²) in [5.41, 5.74) is 3.76. The lowest BCUT2D eigenvalue weighted by molar-refractivity contribution is 0.0461. The Balaban J connectivity index is 1.02. The van der Waals surface area contributed by atoms with Crippen LogP contribution in [-0.2, 0) is 13.0 Å². The van der Waals surface area contributed by atoms with Gasteiger partial charge in [-0.15, -0.1) is 11.3 Å². The number of thiophene rings is 1. The zero-order chi connectivity index (χ0) is 25.1. The summed E-state index contributed by atoms with van der Waals surface area (Å²) in [6.07, 6.45) is 4.17. The number of aromatic nitrogens is 5. The van der Waals surface area contributed by atoms with Gasteiger partial charge in [-0.3, -0.25) is 4.79 Å². The number of benzene rings is 1. The maximum Gasteiger partial charge on any atom is 0.263 e. The highest BCUT2D eigenvalue weighted by Crippen LogP contribution is 2.59. The van der Waals surface area contributed by atoms with E-state index in [9.17, 15) is 13.6 Å². The van der Waals surface area contributed by atoms with E-state index < -0.39 is 17.8 Å². The van der Waals surface area contributed by atoms with Gasteiger partial charge in [0.1, 0.15) is 11.5 Å². The number of nitrogens with one attached hydrogen (secondary N) is 2. The summed E-state index contributed by atoms with van der Waals surface area (Å²) >= 11 is 1.45. The van der Waals surface area contributed by atoms with Gasteiger partial charge in [0.25, 0.3) is 11.8 Å². The summed E-state index contributed by atoms with van der Waals surface area (Å²) in [5.74, 6) is -2.76. The molecule has 1 aromatic carbocycles. The van der Waals surface area contributed by atoms with Crippen LogP contribution in [0.2, 0.25) is 0 Å². The summed E-state index contributed by atoms with van der Waals surface area (Å²) in [6.45, 7) is 1.64. The van der Waals surface area contributed by atoms with E-state index in [4.69, 9.17) is 4.98 Å². The monoisotopic (exact) mass is 520 g/mol. The van der Waals surface area contributed by atoms with Crippen LogP contribution < -0.4 is 10.2 Å². The number of aromatic amines is 1. The maximum atomic E-state index is 13.5. The first-order valence-electron chi connectivity index (χ1n) is 12.1. The minimum Gasteiger partial charge on any atom is -0.340 e. The maximum absolute atomic E-state index is 13.5. The third-order valence-electron chi connectivity index (χ3n) is 7.37. The third-order valence-corrected chi connectivity index (χ3v) is 8.52. The number of carbonyl (C=O) groups excluding carboxylic acids is 1. The number of alkyl halides is 2. The standard InChI is InChI=1S/C25H22F2N8OS/c26-25(27)17-11-35(12-18(17)25)23(36)20-9-15-6-8-34(13-21(15)37-20)24-28-7-5-22(31-24)30-16-3-1-14(2-4-16)19-10-29-33-32-19/h1-5,7,9-10,17-18H,6,8,11-13H2,(H,28,30,31)(H,29,32,33). The number of hydrogen-bond donors (Lipinski definition) is 2. The molecular weight excluding hydrogens is 498 g/mol. The first kappa shape index (κ1) is 22.3. The molecule has 9 nitrogen and oxygen atoms in total. The van der Waals surface area contributed by atoms with Gasteiger partial charge in [0.05, 0.1) is 29.5 Å². The second-order valence-corrected chi connectivity index (χ2v) is 10.8. The topological polar surface area (TPSA) is 103 Å². The van der Waals surface area contributed by atoms with Crippen LogP contribution in [0.1, 0.15) is 20.1 Å². The molecule has 2 unspecified atom stereocenters. The first-order chi connectivity index (χ1) is 18.0. The highest BCUT2D eigenvalue weighted by Gasteiger charge is 2.72. The van der Waals surface area contributed by atoms with E-state index >= 15 is 0 Å². The van der Waals surface area contributed by atoms with Crippen LogP contribution in [0.5, 0.6) is 0 Å². The molecule has 2 aliphatic heterocycles. The SMILES string of the molecule is O=C(c1cc2c(s1)CN(c1nccc(Nc3ccc(-c4cn[nH]n4)cc3)n1)CC2)N1CC2C(C1)C2(F)F. The average Bonchev–Trinajstić information content (AvgIpc) is 3.52. The molecule has 1 saturated heterocycles. The van der Waals surface area contributed by atoms with Gasteiger partial charge in [-0.05, 0) is 36.2 Å². The Labute approximate surface area is 214 Å². The number of likely N-dealkylation sites (tertiary alicyclic amines) is 1. The molecule has 12 heteroatoms. The smallest absolute Gasteiger partial charge is 0.263 e. The van der Waals surface area contributed by atoms with Crippen LogP contribution in [0, 0.1) is 11.8 Å². The van der Waals surface area contributed by atoms with Crippen LogP contribution >= 0.6 is 11.3 Å². The second kappa shape index (κ2) is 8.30. The quantitative estimate of drug-likeness (QED) is 0.411. The summed E-state index contributed by atoms with van der Waals surface area (Å²) in [7, 11) is 0. The lowest BCUT2D eigenvalue weighted by atomic mass is 10.1. The Bertz CT molecular complexity index is 1460. The molecule has 37 heavy (non-hydrogen) atoms. The summed E-state index contributed by atoms with van der Waals surface area (Å²) < 4.78 is 27.1. The Kier molecular flexibility index (Phi) is 5.00. The molecular formula is C25H22F2N8OS. The van der Waals surface area contributed by atoms with Gasteiger partial charge in [-0.1, -0.05) is 12.1 Å². The summed E-state index contributed by atoms with van der Waals surface area (Å²) in [5, 5.41) is 13.9. The van der Waals surface area contributed by atoms with Crippen molar-refractivity contribution in [3.05, 3.63) is 64.1 Å². The van der Waals surface area contributed by atoms with Crippen molar-refractivity contribution in [1.29, 1.82) is 0 Å². The fraction of sp³-hybridized carbons (Fsp3) is 0.320. The highest BCUT2D eigenvalue weighted by atomic mass is 32.1. The molecule has 3 aliphatic rings. The van der Waals surface area contributed by atoms with E-state index in [0.29, 0.717) is 23.2 Å². The molecule has 2 N–H and O–H groups in total. The Morgan fingerprint density at radius 1 is 1.16 bits per heavy atom. The van der Waals surface area contributed by atoms with Crippen LogP contribution in [0.3, 0.4) is 0 Å². The number of fused-ring (bicyclic) bond motifs is 2. The minimum atomic E-state index is -2.59. The normalized spacial score (nSPS) is 21.5. The van der Waals surface area contributed by atoms with Crippen molar-refractivity contribution in [1.82, 2.24) is 30.3 Å². The van der Waals surface area contributed by atoms with Gasteiger partial charge >= 0.3 is 0 Å². The Morgan fingerprint density at radius 2 is 1.97 bits per heavy atom. The number of rotatable bonds is 5. The van der Waals surface area contributed by atoms with Gasteiger partial charge < -0.3 is 15.1 Å². The minimum absolute atomic E-state index is 0.133. The molecule has 0 spiro atoms. The van der Waals surface area contributed by atoms with E-state index in [1.54, 1.807) is 17.3 Å². The molecule has 5 heterocycles. The number of anilines is 3. The van der Waals surface area contributed by atoms with Crippen molar-refractivity contribution < 1.29 is 13.6 Å². The van der Waals surface area contributed by atoms with Gasteiger partial charge in [0.15, 0.2) is 0 Å². The van der Waals surface area contributed by atoms with Crippen molar-refractivity contribution in [3.63, 3.8) is 0 Å². The predicted octanol–water partition coefficient (Wildman–Crippen LogP) is 3.97.